The number of aromatic amines is 1. The van der Waals surface area contributed by atoms with Crippen molar-refractivity contribution >= 4 is 10.9 Å². The van der Waals surface area contributed by atoms with Gasteiger partial charge in [0.15, 0.2) is 0 Å². The number of aromatic nitrogens is 1. The number of rotatable bonds is 0. The van der Waals surface area contributed by atoms with Crippen molar-refractivity contribution in [3.8, 4) is 5.75 Å². The van der Waals surface area contributed by atoms with E-state index in [1.54, 1.807) is 6.07 Å². The highest BCUT2D eigenvalue weighted by Gasteiger charge is 2.48. The van der Waals surface area contributed by atoms with Gasteiger partial charge >= 0.3 is 0 Å². The maximum atomic E-state index is 15.0. The van der Waals surface area contributed by atoms with Crippen molar-refractivity contribution in [1.82, 2.24) is 9.88 Å². The number of nitrogens with one attached hydrogen (secondary N) is 1. The molecule has 0 aliphatic carbocycles. The van der Waals surface area contributed by atoms with Crippen molar-refractivity contribution in [2.75, 3.05) is 13.1 Å². The number of fused-ring (bicyclic) bond motifs is 6. The summed E-state index contributed by atoms with van der Waals surface area (Å²) in [4.78, 5) is 5.11. The summed E-state index contributed by atoms with van der Waals surface area (Å²) >= 11 is 0. The van der Waals surface area contributed by atoms with Gasteiger partial charge in [-0.2, -0.15) is 8.78 Å². The maximum Gasteiger partial charge on any atom is 0.288 e. The lowest BCUT2D eigenvalue weighted by molar-refractivity contribution is -0.0409. The topological polar surface area (TPSA) is 39.3 Å². The van der Waals surface area contributed by atoms with Crippen LogP contribution >= 0.6 is 0 Å². The van der Waals surface area contributed by atoms with Crippen LogP contribution in [0.25, 0.3) is 10.9 Å². The minimum atomic E-state index is -2.94. The molecular formula is C18H20F2N2O. The molecule has 2 aromatic rings. The second-order valence-corrected chi connectivity index (χ2v) is 6.75. The molecule has 2 aliphatic rings. The molecule has 3 nitrogen and oxygen atoms in total. The monoisotopic (exact) mass is 318 g/mol. The van der Waals surface area contributed by atoms with Gasteiger partial charge in [-0.05, 0) is 38.5 Å². The van der Waals surface area contributed by atoms with Gasteiger partial charge in [-0.1, -0.05) is 11.6 Å². The Balaban J connectivity index is 2.00. The van der Waals surface area contributed by atoms with E-state index >= 15 is 8.78 Å². The van der Waals surface area contributed by atoms with Crippen LogP contribution in [-0.4, -0.2) is 34.1 Å². The largest absolute Gasteiger partial charge is 0.508 e. The van der Waals surface area contributed by atoms with Crippen LogP contribution in [0, 0.1) is 0 Å². The normalized spacial score (nSPS) is 31.1. The van der Waals surface area contributed by atoms with E-state index in [1.165, 1.54) is 17.7 Å². The number of phenols is 1. The summed E-state index contributed by atoms with van der Waals surface area (Å²) in [6.07, 6.45) is 2.85. The molecule has 23 heavy (non-hydrogen) atoms. The first-order valence-corrected chi connectivity index (χ1v) is 8.01. The van der Waals surface area contributed by atoms with E-state index in [9.17, 15) is 5.11 Å². The summed E-state index contributed by atoms with van der Waals surface area (Å²) in [5.74, 6) is -2.90. The van der Waals surface area contributed by atoms with Crippen molar-refractivity contribution in [3.05, 3.63) is 41.1 Å². The fraction of sp³-hybridized carbons (Fsp3) is 0.444. The van der Waals surface area contributed by atoms with Crippen LogP contribution in [0.1, 0.15) is 37.4 Å². The SMILES string of the molecule is CC=C1CC2c3[nH]c4ccc(O)cc4c3C(F)(F)CN(C1)C2C. The van der Waals surface area contributed by atoms with Crippen LogP contribution in [-0.2, 0) is 5.92 Å². The van der Waals surface area contributed by atoms with Crippen LogP contribution in [0.15, 0.2) is 29.8 Å². The minimum Gasteiger partial charge on any atom is -0.508 e. The van der Waals surface area contributed by atoms with Crippen molar-refractivity contribution in [2.45, 2.75) is 38.2 Å². The Labute approximate surface area is 133 Å². The van der Waals surface area contributed by atoms with E-state index < -0.39 is 5.92 Å². The molecule has 1 aromatic carbocycles. The highest BCUT2D eigenvalue weighted by Crippen LogP contribution is 2.48. The lowest BCUT2D eigenvalue weighted by Crippen LogP contribution is -2.45. The number of phenolic OH excluding ortho intramolecular Hbond substituents is 1. The molecule has 3 heterocycles. The molecule has 0 radical (unpaired) electrons. The third kappa shape index (κ3) is 2.10. The third-order valence-corrected chi connectivity index (χ3v) is 5.40. The molecule has 0 saturated carbocycles. The number of alkyl halides is 2. The molecule has 2 bridgehead atoms. The molecule has 122 valence electrons. The molecule has 2 N–H and O–H groups in total. The van der Waals surface area contributed by atoms with Crippen molar-refractivity contribution < 1.29 is 13.9 Å². The number of benzene rings is 1. The number of allylic oxidation sites excluding steroid dienone is 1. The van der Waals surface area contributed by atoms with Gasteiger partial charge in [0.05, 0.1) is 12.1 Å². The lowest BCUT2D eigenvalue weighted by atomic mass is 9.84. The Morgan fingerprint density at radius 2 is 2.17 bits per heavy atom. The van der Waals surface area contributed by atoms with E-state index in [0.29, 0.717) is 23.1 Å². The summed E-state index contributed by atoms with van der Waals surface area (Å²) in [5.41, 5.74) is 2.57. The van der Waals surface area contributed by atoms with Gasteiger partial charge in [-0.3, -0.25) is 4.90 Å². The van der Waals surface area contributed by atoms with Crippen molar-refractivity contribution in [1.29, 1.82) is 0 Å². The van der Waals surface area contributed by atoms with Gasteiger partial charge in [0, 0.05) is 35.1 Å². The predicted molar refractivity (Wildman–Crippen MR) is 86.0 cm³/mol. The first kappa shape index (κ1) is 14.7. The number of hydrogen-bond donors (Lipinski definition) is 2. The number of piperidine rings is 1. The number of nitrogens with zero attached hydrogens (tertiary/aromatic N) is 1. The number of aromatic hydroxyl groups is 1. The van der Waals surface area contributed by atoms with Crippen LogP contribution in [0.4, 0.5) is 8.78 Å². The summed E-state index contributed by atoms with van der Waals surface area (Å²) in [7, 11) is 0. The third-order valence-electron chi connectivity index (χ3n) is 5.40. The van der Waals surface area contributed by atoms with E-state index in [1.807, 2.05) is 24.8 Å². The molecule has 5 heteroatoms. The van der Waals surface area contributed by atoms with Gasteiger partial charge in [0.2, 0.25) is 0 Å². The average molecular weight is 318 g/mol. The van der Waals surface area contributed by atoms with Crippen molar-refractivity contribution in [3.63, 3.8) is 0 Å². The smallest absolute Gasteiger partial charge is 0.288 e. The van der Waals surface area contributed by atoms with Gasteiger partial charge in [-0.25, -0.2) is 0 Å². The van der Waals surface area contributed by atoms with Crippen LogP contribution < -0.4 is 0 Å². The zero-order valence-corrected chi connectivity index (χ0v) is 13.2. The van der Waals surface area contributed by atoms with E-state index in [-0.39, 0.29) is 29.8 Å². The summed E-state index contributed by atoms with van der Waals surface area (Å²) in [6, 6.07) is 4.72. The highest BCUT2D eigenvalue weighted by molar-refractivity contribution is 5.87. The molecular weight excluding hydrogens is 298 g/mol. The Bertz CT molecular complexity index is 809. The Kier molecular flexibility index (Phi) is 3.07. The second kappa shape index (κ2) is 4.81. The first-order valence-electron chi connectivity index (χ1n) is 8.01. The predicted octanol–water partition coefficient (Wildman–Crippen LogP) is 4.10. The first-order chi connectivity index (χ1) is 10.9. The van der Waals surface area contributed by atoms with Gasteiger partial charge in [-0.15, -0.1) is 0 Å². The fourth-order valence-corrected chi connectivity index (χ4v) is 4.14. The van der Waals surface area contributed by atoms with Gasteiger partial charge in [0.25, 0.3) is 5.92 Å². The zero-order valence-electron chi connectivity index (χ0n) is 13.2. The van der Waals surface area contributed by atoms with Gasteiger partial charge in [0.1, 0.15) is 5.75 Å². The molecule has 1 fully saturated rings. The Morgan fingerprint density at radius 1 is 1.39 bits per heavy atom. The highest BCUT2D eigenvalue weighted by atomic mass is 19.3. The van der Waals surface area contributed by atoms with Gasteiger partial charge < -0.3 is 10.1 Å². The molecule has 4 rings (SSSR count). The quantitative estimate of drug-likeness (QED) is 0.718. The van der Waals surface area contributed by atoms with E-state index in [0.717, 1.165) is 6.42 Å². The van der Waals surface area contributed by atoms with Crippen LogP contribution in [0.2, 0.25) is 0 Å². The summed E-state index contributed by atoms with van der Waals surface area (Å²) in [6.45, 7) is 4.33. The molecule has 0 amide bonds. The molecule has 2 aliphatic heterocycles. The number of halogens is 2. The van der Waals surface area contributed by atoms with E-state index in [2.05, 4.69) is 4.98 Å². The molecule has 3 atom stereocenters. The standard InChI is InChI=1S/C18H20F2N2O/c1-3-11-6-13-10(2)22(8-11)9-18(19,20)16-14-7-12(23)4-5-15(14)21-17(13)16/h3-5,7,10,13,21,23H,6,8-9H2,1-2H3. The summed E-state index contributed by atoms with van der Waals surface area (Å²) in [5, 5.41) is 10.2. The summed E-state index contributed by atoms with van der Waals surface area (Å²) < 4.78 is 30.1. The van der Waals surface area contributed by atoms with Crippen LogP contribution in [0.5, 0.6) is 5.75 Å². The zero-order chi connectivity index (χ0) is 16.4. The maximum absolute atomic E-state index is 15.0. The Morgan fingerprint density at radius 3 is 2.91 bits per heavy atom. The number of H-pyrrole nitrogens is 1. The fourth-order valence-electron chi connectivity index (χ4n) is 4.14. The number of hydrogen-bond acceptors (Lipinski definition) is 2. The Hall–Kier alpha value is -1.88. The van der Waals surface area contributed by atoms with Crippen molar-refractivity contribution in [2.24, 2.45) is 0 Å². The molecule has 1 aromatic heterocycles. The molecule has 1 saturated heterocycles. The van der Waals surface area contributed by atoms with Crippen LogP contribution in [0.3, 0.4) is 0 Å². The minimum absolute atomic E-state index is 0.0183. The average Bonchev–Trinajstić information content (AvgIpc) is 2.86. The molecule has 3 unspecified atom stereocenters. The second-order valence-electron chi connectivity index (χ2n) is 6.75. The lowest BCUT2D eigenvalue weighted by Gasteiger charge is -2.39. The van der Waals surface area contributed by atoms with E-state index in [4.69, 9.17) is 0 Å². The molecule has 0 spiro atoms.